The number of aromatic amines is 1. The monoisotopic (exact) mass is 298 g/mol. The fraction of sp³-hybridized carbons (Fsp3) is 0.133. The normalized spacial score (nSPS) is 12.2. The topological polar surface area (TPSA) is 74.7 Å². The van der Waals surface area contributed by atoms with Crippen molar-refractivity contribution in [2.24, 2.45) is 0 Å². The van der Waals surface area contributed by atoms with Gasteiger partial charge in [0.1, 0.15) is 5.69 Å². The summed E-state index contributed by atoms with van der Waals surface area (Å²) in [4.78, 5) is 8.58. The summed E-state index contributed by atoms with van der Waals surface area (Å²) in [6.07, 6.45) is 1.18. The van der Waals surface area contributed by atoms with Crippen molar-refractivity contribution >= 4 is 11.8 Å². The highest BCUT2D eigenvalue weighted by Crippen LogP contribution is 2.23. The predicted molar refractivity (Wildman–Crippen MR) is 81.7 cm³/mol. The fourth-order valence-electron chi connectivity index (χ4n) is 1.85. The third-order valence-corrected chi connectivity index (χ3v) is 3.85. The number of H-pyrrole nitrogens is 1. The van der Waals surface area contributed by atoms with Crippen molar-refractivity contribution < 1.29 is 5.11 Å². The molecule has 2 N–H and O–H groups in total. The van der Waals surface area contributed by atoms with E-state index in [1.54, 1.807) is 6.20 Å². The minimum atomic E-state index is -0.534. The molecule has 0 saturated heterocycles. The Morgan fingerprint density at radius 1 is 1.10 bits per heavy atom. The Morgan fingerprint density at radius 3 is 2.67 bits per heavy atom. The fourth-order valence-corrected chi connectivity index (χ4v) is 2.62. The Hall–Kier alpha value is -2.18. The molecule has 3 aromatic rings. The molecule has 0 unspecified atom stereocenters. The van der Waals surface area contributed by atoms with Crippen LogP contribution in [0.25, 0.3) is 11.5 Å². The highest BCUT2D eigenvalue weighted by Gasteiger charge is 2.11. The maximum Gasteiger partial charge on any atom is 0.208 e. The summed E-state index contributed by atoms with van der Waals surface area (Å²) < 4.78 is 0. The molecule has 2 aromatic heterocycles. The Balaban J connectivity index is 1.63. The first-order valence-electron chi connectivity index (χ1n) is 6.52. The van der Waals surface area contributed by atoms with Crippen LogP contribution in [0.1, 0.15) is 11.7 Å². The summed E-state index contributed by atoms with van der Waals surface area (Å²) in [5.74, 6) is 1.14. The number of benzene rings is 1. The van der Waals surface area contributed by atoms with Crippen molar-refractivity contribution in [3.05, 3.63) is 60.3 Å². The van der Waals surface area contributed by atoms with E-state index in [1.165, 1.54) is 11.8 Å². The van der Waals surface area contributed by atoms with E-state index >= 15 is 0 Å². The van der Waals surface area contributed by atoms with Crippen LogP contribution in [0.15, 0.2) is 59.9 Å². The van der Waals surface area contributed by atoms with E-state index in [0.717, 1.165) is 11.3 Å². The molecule has 3 rings (SSSR count). The zero-order valence-electron chi connectivity index (χ0n) is 11.2. The standard InChI is InChI=1S/C15H14N4OS/c20-13(11-6-2-1-3-7-11)10-21-15-17-14(18-19-15)12-8-4-5-9-16-12/h1-9,13,20H,10H2,(H,17,18,19)/t13-/m1/s1. The molecule has 0 aliphatic carbocycles. The number of aromatic nitrogens is 4. The van der Waals surface area contributed by atoms with Gasteiger partial charge in [-0.1, -0.05) is 48.2 Å². The Bertz CT molecular complexity index is 687. The lowest BCUT2D eigenvalue weighted by Gasteiger charge is -2.08. The van der Waals surface area contributed by atoms with E-state index in [-0.39, 0.29) is 0 Å². The lowest BCUT2D eigenvalue weighted by Crippen LogP contribution is -2.00. The number of thioether (sulfide) groups is 1. The van der Waals surface area contributed by atoms with Crippen LogP contribution in [-0.4, -0.2) is 31.0 Å². The third-order valence-electron chi connectivity index (χ3n) is 2.93. The van der Waals surface area contributed by atoms with Crippen molar-refractivity contribution in [1.29, 1.82) is 0 Å². The van der Waals surface area contributed by atoms with Gasteiger partial charge < -0.3 is 5.11 Å². The van der Waals surface area contributed by atoms with Crippen LogP contribution < -0.4 is 0 Å². The van der Waals surface area contributed by atoms with Gasteiger partial charge in [0.05, 0.1) is 6.10 Å². The van der Waals surface area contributed by atoms with E-state index in [4.69, 9.17) is 0 Å². The van der Waals surface area contributed by atoms with E-state index in [2.05, 4.69) is 20.2 Å². The smallest absolute Gasteiger partial charge is 0.208 e. The number of aliphatic hydroxyl groups is 1. The van der Waals surface area contributed by atoms with Crippen LogP contribution in [0.4, 0.5) is 0 Å². The number of hydrogen-bond donors (Lipinski definition) is 2. The number of nitrogens with zero attached hydrogens (tertiary/aromatic N) is 3. The SMILES string of the molecule is O[C@H](CSc1n[nH]c(-c2ccccn2)n1)c1ccccc1. The largest absolute Gasteiger partial charge is 0.388 e. The molecule has 106 valence electrons. The molecule has 0 radical (unpaired) electrons. The summed E-state index contributed by atoms with van der Waals surface area (Å²) in [5, 5.41) is 17.7. The minimum Gasteiger partial charge on any atom is -0.388 e. The number of rotatable bonds is 5. The number of hydrogen-bond acceptors (Lipinski definition) is 5. The van der Waals surface area contributed by atoms with Crippen LogP contribution in [-0.2, 0) is 0 Å². The maximum absolute atomic E-state index is 10.1. The van der Waals surface area contributed by atoms with Crippen LogP contribution in [0.3, 0.4) is 0 Å². The summed E-state index contributed by atoms with van der Waals surface area (Å²) in [7, 11) is 0. The molecular weight excluding hydrogens is 284 g/mol. The highest BCUT2D eigenvalue weighted by atomic mass is 32.2. The van der Waals surface area contributed by atoms with Gasteiger partial charge in [-0.25, -0.2) is 0 Å². The Kier molecular flexibility index (Phi) is 4.28. The zero-order chi connectivity index (χ0) is 14.5. The second kappa shape index (κ2) is 6.51. The van der Waals surface area contributed by atoms with Crippen molar-refractivity contribution in [2.45, 2.75) is 11.3 Å². The van der Waals surface area contributed by atoms with Gasteiger partial charge in [0.15, 0.2) is 5.82 Å². The molecule has 1 atom stereocenters. The Morgan fingerprint density at radius 2 is 1.90 bits per heavy atom. The summed E-state index contributed by atoms with van der Waals surface area (Å²) in [6.45, 7) is 0. The van der Waals surface area contributed by atoms with Crippen LogP contribution in [0.2, 0.25) is 0 Å². The van der Waals surface area contributed by atoms with Crippen molar-refractivity contribution in [1.82, 2.24) is 20.2 Å². The van der Waals surface area contributed by atoms with Gasteiger partial charge in [-0.05, 0) is 17.7 Å². The van der Waals surface area contributed by atoms with Crippen molar-refractivity contribution in [3.63, 3.8) is 0 Å². The van der Waals surface area contributed by atoms with Gasteiger partial charge in [-0.2, -0.15) is 4.98 Å². The molecule has 0 aliphatic heterocycles. The zero-order valence-corrected chi connectivity index (χ0v) is 12.0. The first-order valence-corrected chi connectivity index (χ1v) is 7.51. The molecule has 0 fully saturated rings. The average molecular weight is 298 g/mol. The van der Waals surface area contributed by atoms with Gasteiger partial charge in [-0.3, -0.25) is 10.1 Å². The molecule has 1 aromatic carbocycles. The van der Waals surface area contributed by atoms with Crippen LogP contribution in [0, 0.1) is 0 Å². The van der Waals surface area contributed by atoms with Crippen molar-refractivity contribution in [2.75, 3.05) is 5.75 Å². The highest BCUT2D eigenvalue weighted by molar-refractivity contribution is 7.99. The first kappa shape index (κ1) is 13.8. The Labute approximate surface area is 126 Å². The van der Waals surface area contributed by atoms with Gasteiger partial charge in [0.2, 0.25) is 5.16 Å². The van der Waals surface area contributed by atoms with E-state index in [0.29, 0.717) is 16.7 Å². The molecule has 0 bridgehead atoms. The van der Waals surface area contributed by atoms with Gasteiger partial charge in [0.25, 0.3) is 0 Å². The predicted octanol–water partition coefficient (Wildman–Crippen LogP) is 2.69. The number of pyridine rings is 1. The molecule has 0 aliphatic rings. The molecular formula is C15H14N4OS. The number of nitrogens with one attached hydrogen (secondary N) is 1. The molecule has 0 spiro atoms. The number of aliphatic hydroxyl groups excluding tert-OH is 1. The third kappa shape index (κ3) is 3.48. The van der Waals surface area contributed by atoms with E-state index < -0.39 is 6.10 Å². The lowest BCUT2D eigenvalue weighted by atomic mass is 10.1. The van der Waals surface area contributed by atoms with Gasteiger partial charge in [-0.15, -0.1) is 5.10 Å². The van der Waals surface area contributed by atoms with Gasteiger partial charge in [0, 0.05) is 11.9 Å². The van der Waals surface area contributed by atoms with E-state index in [9.17, 15) is 5.11 Å². The van der Waals surface area contributed by atoms with Crippen LogP contribution >= 0.6 is 11.8 Å². The molecule has 0 amide bonds. The molecule has 6 heteroatoms. The van der Waals surface area contributed by atoms with Gasteiger partial charge >= 0.3 is 0 Å². The molecule has 5 nitrogen and oxygen atoms in total. The van der Waals surface area contributed by atoms with Crippen molar-refractivity contribution in [3.8, 4) is 11.5 Å². The second-order valence-electron chi connectivity index (χ2n) is 4.42. The average Bonchev–Trinajstić information content (AvgIpc) is 3.03. The lowest BCUT2D eigenvalue weighted by molar-refractivity contribution is 0.204. The second-order valence-corrected chi connectivity index (χ2v) is 5.41. The first-order chi connectivity index (χ1) is 10.3. The molecule has 0 saturated carbocycles. The van der Waals surface area contributed by atoms with Crippen LogP contribution in [0.5, 0.6) is 0 Å². The summed E-state index contributed by atoms with van der Waals surface area (Å²) in [5.41, 5.74) is 1.64. The summed E-state index contributed by atoms with van der Waals surface area (Å²) in [6, 6.07) is 15.2. The minimum absolute atomic E-state index is 0.503. The van der Waals surface area contributed by atoms with E-state index in [1.807, 2.05) is 48.5 Å². The maximum atomic E-state index is 10.1. The molecule has 2 heterocycles. The molecule has 21 heavy (non-hydrogen) atoms. The quantitative estimate of drug-likeness (QED) is 0.708. The summed E-state index contributed by atoms with van der Waals surface area (Å²) >= 11 is 1.41.